The number of amides is 2. The molecule has 1 aliphatic heterocycles. The van der Waals surface area contributed by atoms with Gasteiger partial charge in [-0.25, -0.2) is 9.18 Å². The molecule has 0 spiro atoms. The molecule has 2 amide bonds. The Morgan fingerprint density at radius 3 is 2.88 bits per heavy atom. The highest BCUT2D eigenvalue weighted by Gasteiger charge is 2.29. The van der Waals surface area contributed by atoms with E-state index in [1.807, 2.05) is 32.0 Å². The molecule has 0 unspecified atom stereocenters. The van der Waals surface area contributed by atoms with Crippen molar-refractivity contribution in [3.05, 3.63) is 52.3 Å². The van der Waals surface area contributed by atoms with E-state index in [9.17, 15) is 9.18 Å². The molecule has 3 rings (SSSR count). The van der Waals surface area contributed by atoms with E-state index in [4.69, 9.17) is 4.74 Å². The fourth-order valence-electron chi connectivity index (χ4n) is 2.64. The third-order valence-electron chi connectivity index (χ3n) is 3.96. The lowest BCUT2D eigenvalue weighted by atomic mass is 10.1. The first-order valence-corrected chi connectivity index (χ1v) is 8.58. The highest BCUT2D eigenvalue weighted by atomic mass is 79.9. The Balaban J connectivity index is 1.90. The highest BCUT2D eigenvalue weighted by Crippen LogP contribution is 2.35. The van der Waals surface area contributed by atoms with Crippen molar-refractivity contribution in [3.8, 4) is 5.75 Å². The molecule has 0 fully saturated rings. The second kappa shape index (κ2) is 6.81. The van der Waals surface area contributed by atoms with Gasteiger partial charge in [-0.3, -0.25) is 4.90 Å². The molecule has 0 saturated carbocycles. The molecule has 0 saturated heterocycles. The summed E-state index contributed by atoms with van der Waals surface area (Å²) in [5.41, 5.74) is 1.88. The van der Waals surface area contributed by atoms with E-state index in [0.29, 0.717) is 22.5 Å². The van der Waals surface area contributed by atoms with E-state index >= 15 is 0 Å². The van der Waals surface area contributed by atoms with Crippen LogP contribution in [0.5, 0.6) is 5.75 Å². The number of nitrogens with zero attached hydrogens (tertiary/aromatic N) is 1. The van der Waals surface area contributed by atoms with Crippen LogP contribution in [0.2, 0.25) is 0 Å². The lowest BCUT2D eigenvalue weighted by Gasteiger charge is -2.34. The fourth-order valence-corrected chi connectivity index (χ4v) is 2.97. The maximum Gasteiger partial charge on any atom is 0.326 e. The summed E-state index contributed by atoms with van der Waals surface area (Å²) in [6.45, 7) is 4.39. The minimum atomic E-state index is -0.484. The molecule has 24 heavy (non-hydrogen) atoms. The molecule has 0 bridgehead atoms. The number of carbonyl (C=O) groups is 1. The van der Waals surface area contributed by atoms with Gasteiger partial charge in [-0.2, -0.15) is 0 Å². The van der Waals surface area contributed by atoms with Gasteiger partial charge >= 0.3 is 6.03 Å². The third-order valence-corrected chi connectivity index (χ3v) is 4.45. The number of aryl methyl sites for hydroxylation is 1. The number of carbonyl (C=O) groups excluding carboxylic acids is 1. The molecule has 2 aromatic carbocycles. The van der Waals surface area contributed by atoms with E-state index in [-0.39, 0.29) is 17.8 Å². The Morgan fingerprint density at radius 2 is 2.17 bits per heavy atom. The summed E-state index contributed by atoms with van der Waals surface area (Å²) < 4.78 is 20.5. The van der Waals surface area contributed by atoms with Gasteiger partial charge in [-0.05, 0) is 49.2 Å². The molecule has 6 heteroatoms. The van der Waals surface area contributed by atoms with Crippen LogP contribution in [0, 0.1) is 12.7 Å². The number of hydrogen-bond acceptors (Lipinski definition) is 2. The molecule has 0 aliphatic carbocycles. The van der Waals surface area contributed by atoms with E-state index in [1.165, 1.54) is 12.1 Å². The van der Waals surface area contributed by atoms with Crippen molar-refractivity contribution in [2.75, 3.05) is 16.8 Å². The first-order chi connectivity index (χ1) is 11.5. The van der Waals surface area contributed by atoms with Crippen molar-refractivity contribution < 1.29 is 13.9 Å². The molecule has 2 aromatic rings. The smallest absolute Gasteiger partial charge is 0.326 e. The zero-order valence-corrected chi connectivity index (χ0v) is 15.1. The molecular weight excluding hydrogens is 375 g/mol. The minimum absolute atomic E-state index is 0.0827. The van der Waals surface area contributed by atoms with Crippen LogP contribution in [0.4, 0.5) is 20.6 Å². The van der Waals surface area contributed by atoms with Gasteiger partial charge < -0.3 is 10.1 Å². The molecule has 4 nitrogen and oxygen atoms in total. The molecular formula is C18H18BrFN2O2. The zero-order chi connectivity index (χ0) is 17.3. The van der Waals surface area contributed by atoms with Crippen LogP contribution < -0.4 is 15.0 Å². The van der Waals surface area contributed by atoms with Crippen LogP contribution in [-0.2, 0) is 0 Å². The monoisotopic (exact) mass is 392 g/mol. The maximum absolute atomic E-state index is 14.0. The summed E-state index contributed by atoms with van der Waals surface area (Å²) in [5, 5.41) is 2.65. The number of anilines is 2. The Bertz CT molecular complexity index is 782. The predicted octanol–water partition coefficient (Wildman–Crippen LogP) is 5.11. The summed E-state index contributed by atoms with van der Waals surface area (Å²) in [7, 11) is 0. The van der Waals surface area contributed by atoms with Gasteiger partial charge in [0.15, 0.2) is 0 Å². The minimum Gasteiger partial charge on any atom is -0.486 e. The van der Waals surface area contributed by atoms with Crippen LogP contribution in [0.3, 0.4) is 0 Å². The van der Waals surface area contributed by atoms with Crippen LogP contribution in [0.25, 0.3) is 0 Å². The van der Waals surface area contributed by atoms with Gasteiger partial charge in [0.1, 0.15) is 17.7 Å². The number of hydrogen-bond donors (Lipinski definition) is 1. The number of rotatable bonds is 2. The summed E-state index contributed by atoms with van der Waals surface area (Å²) in [6, 6.07) is 9.89. The van der Waals surface area contributed by atoms with Gasteiger partial charge in [0.2, 0.25) is 0 Å². The molecule has 0 aromatic heterocycles. The standard InChI is InChI=1S/C18H18BrFN2O2/c1-3-13-10-22(16-8-11(2)4-7-17(16)24-13)18(23)21-15-6-5-12(19)9-14(15)20/h4-9,13H,3,10H2,1-2H3,(H,21,23)/t13-/m1/s1. The van der Waals surface area contributed by atoms with Gasteiger partial charge in [0.25, 0.3) is 0 Å². The van der Waals surface area contributed by atoms with Gasteiger partial charge in [-0.1, -0.05) is 28.9 Å². The largest absolute Gasteiger partial charge is 0.486 e. The fraction of sp³-hybridized carbons (Fsp3) is 0.278. The van der Waals surface area contributed by atoms with Crippen molar-refractivity contribution in [3.63, 3.8) is 0 Å². The molecule has 1 N–H and O–H groups in total. The number of nitrogens with one attached hydrogen (secondary N) is 1. The summed E-state index contributed by atoms with van der Waals surface area (Å²) in [4.78, 5) is 14.3. The van der Waals surface area contributed by atoms with Crippen LogP contribution >= 0.6 is 15.9 Å². The van der Waals surface area contributed by atoms with Crippen molar-refractivity contribution in [1.82, 2.24) is 0 Å². The molecule has 126 valence electrons. The quantitative estimate of drug-likeness (QED) is 0.771. The second-order valence-electron chi connectivity index (χ2n) is 5.78. The third kappa shape index (κ3) is 3.38. The molecule has 1 heterocycles. The predicted molar refractivity (Wildman–Crippen MR) is 96.4 cm³/mol. The van der Waals surface area contributed by atoms with Crippen molar-refractivity contribution in [2.45, 2.75) is 26.4 Å². The normalized spacial score (nSPS) is 16.3. The van der Waals surface area contributed by atoms with E-state index in [2.05, 4.69) is 21.2 Å². The van der Waals surface area contributed by atoms with Crippen molar-refractivity contribution >= 4 is 33.3 Å². The number of halogens is 2. The number of benzene rings is 2. The van der Waals surface area contributed by atoms with Crippen LogP contribution in [0.15, 0.2) is 40.9 Å². The first-order valence-electron chi connectivity index (χ1n) is 7.79. The van der Waals surface area contributed by atoms with Gasteiger partial charge in [0.05, 0.1) is 17.9 Å². The Kier molecular flexibility index (Phi) is 4.76. The SMILES string of the molecule is CC[C@@H]1CN(C(=O)Nc2ccc(Br)cc2F)c2cc(C)ccc2O1. The lowest BCUT2D eigenvalue weighted by Crippen LogP contribution is -2.45. The molecule has 0 radical (unpaired) electrons. The lowest BCUT2D eigenvalue weighted by molar-refractivity contribution is 0.188. The molecule has 1 aliphatic rings. The van der Waals surface area contributed by atoms with Crippen LogP contribution in [-0.4, -0.2) is 18.7 Å². The van der Waals surface area contributed by atoms with E-state index < -0.39 is 5.82 Å². The summed E-state index contributed by atoms with van der Waals surface area (Å²) in [5.74, 6) is 0.188. The average molecular weight is 393 g/mol. The maximum atomic E-state index is 14.0. The van der Waals surface area contributed by atoms with Crippen LogP contribution in [0.1, 0.15) is 18.9 Å². The van der Waals surface area contributed by atoms with Crippen molar-refractivity contribution in [1.29, 1.82) is 0 Å². The molecule has 1 atom stereocenters. The van der Waals surface area contributed by atoms with Crippen molar-refractivity contribution in [2.24, 2.45) is 0 Å². The van der Waals surface area contributed by atoms with E-state index in [0.717, 1.165) is 12.0 Å². The first kappa shape index (κ1) is 16.8. The van der Waals surface area contributed by atoms with Gasteiger partial charge in [0, 0.05) is 4.47 Å². The summed E-state index contributed by atoms with van der Waals surface area (Å²) >= 11 is 3.21. The highest BCUT2D eigenvalue weighted by molar-refractivity contribution is 9.10. The number of ether oxygens (including phenoxy) is 1. The summed E-state index contributed by atoms with van der Waals surface area (Å²) in [6.07, 6.45) is 0.699. The number of fused-ring (bicyclic) bond motifs is 1. The zero-order valence-electron chi connectivity index (χ0n) is 13.5. The topological polar surface area (TPSA) is 41.6 Å². The Morgan fingerprint density at radius 1 is 1.38 bits per heavy atom. The van der Waals surface area contributed by atoms with Gasteiger partial charge in [-0.15, -0.1) is 0 Å². The average Bonchev–Trinajstić information content (AvgIpc) is 2.56. The van der Waals surface area contributed by atoms with E-state index in [1.54, 1.807) is 11.0 Å². The Labute approximate surface area is 148 Å². The second-order valence-corrected chi connectivity index (χ2v) is 6.70. The number of urea groups is 1. The Hall–Kier alpha value is -2.08.